The van der Waals surface area contributed by atoms with E-state index in [0.717, 1.165) is 10.8 Å². The van der Waals surface area contributed by atoms with E-state index >= 15 is 0 Å². The highest BCUT2D eigenvalue weighted by Crippen LogP contribution is 2.27. The van der Waals surface area contributed by atoms with E-state index in [4.69, 9.17) is 0 Å². The van der Waals surface area contributed by atoms with Crippen molar-refractivity contribution in [1.82, 2.24) is 0 Å². The van der Waals surface area contributed by atoms with Crippen molar-refractivity contribution in [2.45, 2.75) is 12.8 Å². The molecule has 0 heterocycles. The number of aromatic hydroxyl groups is 1. The summed E-state index contributed by atoms with van der Waals surface area (Å²) < 4.78 is 0.865. The van der Waals surface area contributed by atoms with E-state index in [1.165, 1.54) is 0 Å². The highest BCUT2D eigenvalue weighted by molar-refractivity contribution is 9.10. The average Bonchev–Trinajstić information content (AvgIpc) is 2.08. The summed E-state index contributed by atoms with van der Waals surface area (Å²) >= 11 is 3.27. The summed E-state index contributed by atoms with van der Waals surface area (Å²) in [6.45, 7) is 1.74. The number of phenols is 1. The quantitative estimate of drug-likeness (QED) is 0.791. The molecule has 0 aromatic heterocycles. The van der Waals surface area contributed by atoms with Gasteiger partial charge in [-0.15, -0.1) is 0 Å². The van der Waals surface area contributed by atoms with E-state index in [9.17, 15) is 9.90 Å². The topological polar surface area (TPSA) is 37.3 Å². The lowest BCUT2D eigenvalue weighted by Gasteiger charge is -2.06. The largest absolute Gasteiger partial charge is 0.508 e. The van der Waals surface area contributed by atoms with E-state index in [0.29, 0.717) is 5.56 Å². The van der Waals surface area contributed by atoms with Crippen molar-refractivity contribution in [3.63, 3.8) is 0 Å². The van der Waals surface area contributed by atoms with Gasteiger partial charge in [0.2, 0.25) is 0 Å². The van der Waals surface area contributed by atoms with Crippen molar-refractivity contribution < 1.29 is 9.90 Å². The van der Waals surface area contributed by atoms with Gasteiger partial charge in [0.1, 0.15) is 12.0 Å². The fourth-order valence-corrected chi connectivity index (χ4v) is 1.34. The van der Waals surface area contributed by atoms with Crippen LogP contribution >= 0.6 is 15.9 Å². The molecule has 0 saturated carbocycles. The van der Waals surface area contributed by atoms with Crippen LogP contribution in [-0.4, -0.2) is 11.4 Å². The summed E-state index contributed by atoms with van der Waals surface area (Å²) in [4.78, 5) is 10.4. The van der Waals surface area contributed by atoms with Crippen LogP contribution in [0.15, 0.2) is 22.7 Å². The normalized spacial score (nSPS) is 12.5. The number of hydrogen-bond donors (Lipinski definition) is 1. The molecule has 0 spiro atoms. The van der Waals surface area contributed by atoms with Crippen molar-refractivity contribution in [2.24, 2.45) is 0 Å². The molecule has 0 saturated heterocycles. The first-order valence-electron chi connectivity index (χ1n) is 3.59. The molecule has 1 rings (SSSR count). The maximum absolute atomic E-state index is 10.4. The summed E-state index contributed by atoms with van der Waals surface area (Å²) in [5.41, 5.74) is 0.652. The van der Waals surface area contributed by atoms with Crippen molar-refractivity contribution in [3.05, 3.63) is 28.2 Å². The van der Waals surface area contributed by atoms with Crippen LogP contribution in [-0.2, 0) is 4.79 Å². The van der Waals surface area contributed by atoms with E-state index in [1.54, 1.807) is 25.1 Å². The Morgan fingerprint density at radius 3 is 2.83 bits per heavy atom. The van der Waals surface area contributed by atoms with Gasteiger partial charge in [0, 0.05) is 16.0 Å². The van der Waals surface area contributed by atoms with Crippen LogP contribution in [0.3, 0.4) is 0 Å². The minimum atomic E-state index is -0.262. The van der Waals surface area contributed by atoms with Gasteiger partial charge in [-0.25, -0.2) is 0 Å². The maximum atomic E-state index is 10.4. The Morgan fingerprint density at radius 2 is 2.25 bits per heavy atom. The Bertz CT molecular complexity index is 297. The minimum absolute atomic E-state index is 0.165. The van der Waals surface area contributed by atoms with Gasteiger partial charge in [-0.05, 0) is 18.2 Å². The minimum Gasteiger partial charge on any atom is -0.508 e. The smallest absolute Gasteiger partial charge is 0.127 e. The first-order valence-corrected chi connectivity index (χ1v) is 4.38. The average molecular weight is 229 g/mol. The number of carbonyl (C=O) groups excluding carboxylic acids is 1. The number of hydrogen-bond acceptors (Lipinski definition) is 2. The number of aldehydes is 1. The van der Waals surface area contributed by atoms with Crippen molar-refractivity contribution in [3.8, 4) is 5.75 Å². The second-order valence-electron chi connectivity index (χ2n) is 2.63. The van der Waals surface area contributed by atoms with Gasteiger partial charge in [-0.3, -0.25) is 0 Å². The molecule has 0 bridgehead atoms. The van der Waals surface area contributed by atoms with Crippen molar-refractivity contribution in [2.75, 3.05) is 0 Å². The molecule has 1 N–H and O–H groups in total. The highest BCUT2D eigenvalue weighted by atomic mass is 79.9. The van der Waals surface area contributed by atoms with Gasteiger partial charge in [-0.2, -0.15) is 0 Å². The van der Waals surface area contributed by atoms with Gasteiger partial charge in [0.25, 0.3) is 0 Å². The predicted octanol–water partition coefficient (Wildman–Crippen LogP) is 2.46. The van der Waals surface area contributed by atoms with Gasteiger partial charge in [0.15, 0.2) is 0 Å². The lowest BCUT2D eigenvalue weighted by Crippen LogP contribution is -1.94. The molecule has 3 heteroatoms. The first-order chi connectivity index (χ1) is 5.65. The fourth-order valence-electron chi connectivity index (χ4n) is 0.963. The lowest BCUT2D eigenvalue weighted by atomic mass is 10.0. The highest BCUT2D eigenvalue weighted by Gasteiger charge is 2.08. The standard InChI is InChI=1S/C9H9BrO2/c1-6(5-11)8-4-7(10)2-3-9(8)12/h2-6,12H,1H3. The van der Waals surface area contributed by atoms with E-state index in [-0.39, 0.29) is 11.7 Å². The Labute approximate surface area is 79.3 Å². The van der Waals surface area contributed by atoms with Crippen LogP contribution in [0.5, 0.6) is 5.75 Å². The summed E-state index contributed by atoms with van der Waals surface area (Å²) in [5, 5.41) is 9.36. The molecule has 12 heavy (non-hydrogen) atoms. The number of halogens is 1. The zero-order valence-corrected chi connectivity index (χ0v) is 8.21. The third kappa shape index (κ3) is 1.85. The molecule has 0 aliphatic heterocycles. The van der Waals surface area contributed by atoms with Crippen LogP contribution in [0, 0.1) is 0 Å². The van der Waals surface area contributed by atoms with Crippen molar-refractivity contribution in [1.29, 1.82) is 0 Å². The molecule has 0 radical (unpaired) electrons. The molecular weight excluding hydrogens is 220 g/mol. The SMILES string of the molecule is CC(C=O)c1cc(Br)ccc1O. The predicted molar refractivity (Wildman–Crippen MR) is 50.3 cm³/mol. The monoisotopic (exact) mass is 228 g/mol. The second-order valence-corrected chi connectivity index (χ2v) is 3.54. The Kier molecular flexibility index (Phi) is 2.87. The Balaban J connectivity index is 3.12. The summed E-state index contributed by atoms with van der Waals surface area (Å²) in [7, 11) is 0. The van der Waals surface area contributed by atoms with Crippen LogP contribution < -0.4 is 0 Å². The molecule has 0 fully saturated rings. The third-order valence-electron chi connectivity index (χ3n) is 1.68. The molecular formula is C9H9BrO2. The van der Waals surface area contributed by atoms with Crippen molar-refractivity contribution >= 4 is 22.2 Å². The number of benzene rings is 1. The fraction of sp³-hybridized carbons (Fsp3) is 0.222. The van der Waals surface area contributed by atoms with Crippen LogP contribution in [0.1, 0.15) is 18.4 Å². The van der Waals surface area contributed by atoms with E-state index in [2.05, 4.69) is 15.9 Å². The zero-order chi connectivity index (χ0) is 9.14. The maximum Gasteiger partial charge on any atom is 0.127 e. The van der Waals surface area contributed by atoms with Crippen LogP contribution in [0.25, 0.3) is 0 Å². The molecule has 1 aromatic carbocycles. The van der Waals surface area contributed by atoms with Gasteiger partial charge in [-0.1, -0.05) is 22.9 Å². The molecule has 64 valence electrons. The van der Waals surface area contributed by atoms with Gasteiger partial charge < -0.3 is 9.90 Å². The molecule has 1 unspecified atom stereocenters. The summed E-state index contributed by atoms with van der Waals surface area (Å²) in [6, 6.07) is 5.05. The number of phenolic OH excluding ortho intramolecular Hbond substituents is 1. The van der Waals surface area contributed by atoms with Crippen LogP contribution in [0.4, 0.5) is 0 Å². The number of carbonyl (C=O) groups is 1. The van der Waals surface area contributed by atoms with Gasteiger partial charge >= 0.3 is 0 Å². The third-order valence-corrected chi connectivity index (χ3v) is 2.18. The second kappa shape index (κ2) is 3.72. The lowest BCUT2D eigenvalue weighted by molar-refractivity contribution is -0.108. The zero-order valence-electron chi connectivity index (χ0n) is 6.62. The number of rotatable bonds is 2. The molecule has 0 amide bonds. The summed E-state index contributed by atoms with van der Waals surface area (Å²) in [6.07, 6.45) is 0.807. The molecule has 2 nitrogen and oxygen atoms in total. The molecule has 1 aromatic rings. The summed E-state index contributed by atoms with van der Waals surface area (Å²) in [5.74, 6) is -0.0969. The van der Waals surface area contributed by atoms with Gasteiger partial charge in [0.05, 0.1) is 0 Å². The molecule has 0 aliphatic rings. The van der Waals surface area contributed by atoms with Crippen LogP contribution in [0.2, 0.25) is 0 Å². The van der Waals surface area contributed by atoms with E-state index < -0.39 is 0 Å². The Morgan fingerprint density at radius 1 is 1.58 bits per heavy atom. The molecule has 0 aliphatic carbocycles. The Hall–Kier alpha value is -0.830. The van der Waals surface area contributed by atoms with E-state index in [1.807, 2.05) is 0 Å². The first kappa shape index (κ1) is 9.26. The molecule has 1 atom stereocenters.